The molecule has 0 radical (unpaired) electrons. The van der Waals surface area contributed by atoms with Crippen molar-refractivity contribution in [3.8, 4) is 5.75 Å². The largest absolute Gasteiger partial charge is 0.480 e. The normalized spacial score (nSPS) is 15.5. The molecule has 1 aliphatic rings. The van der Waals surface area contributed by atoms with Crippen molar-refractivity contribution in [3.05, 3.63) is 24.3 Å². The number of hydrogen-bond donors (Lipinski definition) is 3. The first-order chi connectivity index (χ1) is 10.5. The predicted molar refractivity (Wildman–Crippen MR) is 85.0 cm³/mol. The molecule has 1 aromatic carbocycles. The minimum Gasteiger partial charge on any atom is -0.480 e. The van der Waals surface area contributed by atoms with E-state index in [1.807, 2.05) is 0 Å². The fourth-order valence-corrected chi connectivity index (χ4v) is 2.16. The predicted octanol–water partition coefficient (Wildman–Crippen LogP) is -0.377. The summed E-state index contributed by atoms with van der Waals surface area (Å²) in [5.74, 6) is -1.33. The molecule has 0 spiro atoms. The van der Waals surface area contributed by atoms with Crippen LogP contribution in [0.5, 0.6) is 5.75 Å². The number of carbonyl (C=O) groups excluding carboxylic acids is 2. The Hall–Kier alpha value is -2.48. The smallest absolute Gasteiger partial charge is 0.322 e. The fourth-order valence-electron chi connectivity index (χ4n) is 2.16. The Morgan fingerprint density at radius 2 is 2.04 bits per heavy atom. The van der Waals surface area contributed by atoms with Crippen LogP contribution in [0.25, 0.3) is 0 Å². The number of carboxylic acids is 1. The minimum atomic E-state index is -1.11. The second-order valence-electron chi connectivity index (χ2n) is 4.74. The molecular weight excluding hydrogens is 326 g/mol. The summed E-state index contributed by atoms with van der Waals surface area (Å²) in [5.41, 5.74) is 0.688. The Morgan fingerprint density at radius 3 is 2.70 bits per heavy atom. The monoisotopic (exact) mass is 343 g/mol. The zero-order chi connectivity index (χ0) is 16.1. The SMILES string of the molecule is CNC(=O)C1CN(CC(=O)NCC(=O)O)c2ccccc2O1.Cl. The standard InChI is InChI=1S/C14H17N3O5.ClH/c1-15-14(21)11-7-17(8-12(18)16-6-13(19)20)9-4-2-3-5-10(9)22-11;/h2-5,11H,6-8H2,1H3,(H,15,21)(H,16,18)(H,19,20);1H. The second-order valence-corrected chi connectivity index (χ2v) is 4.74. The molecule has 23 heavy (non-hydrogen) atoms. The molecule has 0 aromatic heterocycles. The van der Waals surface area contributed by atoms with Crippen LogP contribution < -0.4 is 20.3 Å². The van der Waals surface area contributed by atoms with Gasteiger partial charge in [0.15, 0.2) is 6.10 Å². The van der Waals surface area contributed by atoms with Gasteiger partial charge in [-0.15, -0.1) is 12.4 Å². The molecule has 1 aromatic rings. The Kier molecular flexibility index (Phi) is 6.65. The highest BCUT2D eigenvalue weighted by Gasteiger charge is 2.30. The van der Waals surface area contributed by atoms with Crippen molar-refractivity contribution >= 4 is 35.9 Å². The number of amides is 2. The number of carbonyl (C=O) groups is 3. The second kappa shape index (κ2) is 8.23. The Bertz CT molecular complexity index is 596. The number of ether oxygens (including phenoxy) is 1. The van der Waals surface area contributed by atoms with Crippen molar-refractivity contribution in [2.45, 2.75) is 6.10 Å². The van der Waals surface area contributed by atoms with Gasteiger partial charge in [-0.05, 0) is 12.1 Å². The van der Waals surface area contributed by atoms with Crippen molar-refractivity contribution in [3.63, 3.8) is 0 Å². The van der Waals surface area contributed by atoms with Gasteiger partial charge < -0.3 is 25.4 Å². The van der Waals surface area contributed by atoms with Crippen molar-refractivity contribution in [1.29, 1.82) is 0 Å². The molecule has 2 amide bonds. The number of fused-ring (bicyclic) bond motifs is 1. The maximum Gasteiger partial charge on any atom is 0.322 e. The molecule has 0 bridgehead atoms. The van der Waals surface area contributed by atoms with Crippen LogP contribution in [0.1, 0.15) is 0 Å². The van der Waals surface area contributed by atoms with E-state index in [9.17, 15) is 14.4 Å². The summed E-state index contributed by atoms with van der Waals surface area (Å²) >= 11 is 0. The number of benzene rings is 1. The molecule has 0 saturated heterocycles. The van der Waals surface area contributed by atoms with Crippen LogP contribution in [0.4, 0.5) is 5.69 Å². The highest BCUT2D eigenvalue weighted by atomic mass is 35.5. The lowest BCUT2D eigenvalue weighted by Gasteiger charge is -2.34. The van der Waals surface area contributed by atoms with E-state index in [1.54, 1.807) is 29.2 Å². The topological polar surface area (TPSA) is 108 Å². The first-order valence-corrected chi connectivity index (χ1v) is 6.72. The van der Waals surface area contributed by atoms with Gasteiger partial charge in [0.25, 0.3) is 5.91 Å². The third-order valence-electron chi connectivity index (χ3n) is 3.17. The summed E-state index contributed by atoms with van der Waals surface area (Å²) < 4.78 is 5.62. The van der Waals surface area contributed by atoms with Crippen LogP contribution in [0.2, 0.25) is 0 Å². The van der Waals surface area contributed by atoms with Gasteiger partial charge in [-0.1, -0.05) is 12.1 Å². The van der Waals surface area contributed by atoms with Crippen LogP contribution in [-0.2, 0) is 14.4 Å². The van der Waals surface area contributed by atoms with Gasteiger partial charge in [0, 0.05) is 7.05 Å². The molecule has 0 fully saturated rings. The lowest BCUT2D eigenvalue weighted by molar-refractivity contribution is -0.137. The van der Waals surface area contributed by atoms with Gasteiger partial charge in [-0.2, -0.15) is 0 Å². The van der Waals surface area contributed by atoms with E-state index in [2.05, 4.69) is 10.6 Å². The van der Waals surface area contributed by atoms with Crippen LogP contribution >= 0.6 is 12.4 Å². The number of likely N-dealkylation sites (N-methyl/N-ethyl adjacent to an activating group) is 1. The molecule has 1 unspecified atom stereocenters. The molecule has 1 heterocycles. The zero-order valence-corrected chi connectivity index (χ0v) is 13.3. The molecule has 8 nitrogen and oxygen atoms in total. The van der Waals surface area contributed by atoms with E-state index in [1.165, 1.54) is 7.05 Å². The molecule has 0 saturated carbocycles. The molecular formula is C14H18ClN3O5. The van der Waals surface area contributed by atoms with Crippen LogP contribution in [0, 0.1) is 0 Å². The zero-order valence-electron chi connectivity index (χ0n) is 12.4. The van der Waals surface area contributed by atoms with Gasteiger partial charge in [0.05, 0.1) is 18.8 Å². The highest BCUT2D eigenvalue weighted by Crippen LogP contribution is 2.32. The average molecular weight is 344 g/mol. The van der Waals surface area contributed by atoms with Crippen LogP contribution in [0.15, 0.2) is 24.3 Å². The molecule has 1 atom stereocenters. The average Bonchev–Trinajstić information content (AvgIpc) is 2.52. The van der Waals surface area contributed by atoms with E-state index in [-0.39, 0.29) is 31.4 Å². The molecule has 3 N–H and O–H groups in total. The number of rotatable bonds is 5. The van der Waals surface area contributed by atoms with Gasteiger partial charge in [-0.3, -0.25) is 14.4 Å². The number of carboxylic acid groups (broad SMARTS) is 1. The number of halogens is 1. The van der Waals surface area contributed by atoms with E-state index >= 15 is 0 Å². The van der Waals surface area contributed by atoms with E-state index < -0.39 is 24.5 Å². The van der Waals surface area contributed by atoms with Gasteiger partial charge >= 0.3 is 5.97 Å². The minimum absolute atomic E-state index is 0. The fraction of sp³-hybridized carbons (Fsp3) is 0.357. The molecule has 0 aliphatic carbocycles. The number of anilines is 1. The number of nitrogens with zero attached hydrogens (tertiary/aromatic N) is 1. The lowest BCUT2D eigenvalue weighted by atomic mass is 10.1. The van der Waals surface area contributed by atoms with Crippen molar-refractivity contribution < 1.29 is 24.2 Å². The summed E-state index contributed by atoms with van der Waals surface area (Å²) in [5, 5.41) is 13.4. The van der Waals surface area contributed by atoms with Crippen molar-refractivity contribution in [2.75, 3.05) is 31.6 Å². The number of para-hydroxylation sites is 2. The number of aliphatic carboxylic acids is 1. The summed E-state index contributed by atoms with van der Waals surface area (Å²) in [4.78, 5) is 35.8. The third-order valence-corrected chi connectivity index (χ3v) is 3.17. The van der Waals surface area contributed by atoms with E-state index in [4.69, 9.17) is 9.84 Å². The Balaban J connectivity index is 0.00000264. The lowest BCUT2D eigenvalue weighted by Crippen LogP contribution is -2.50. The van der Waals surface area contributed by atoms with E-state index in [0.29, 0.717) is 11.4 Å². The van der Waals surface area contributed by atoms with Gasteiger partial charge in [0.1, 0.15) is 12.3 Å². The summed E-state index contributed by atoms with van der Waals surface area (Å²) in [6.07, 6.45) is -0.729. The molecule has 2 rings (SSSR count). The van der Waals surface area contributed by atoms with Crippen molar-refractivity contribution in [2.24, 2.45) is 0 Å². The first kappa shape index (κ1) is 18.6. The number of nitrogens with one attached hydrogen (secondary N) is 2. The first-order valence-electron chi connectivity index (χ1n) is 6.72. The summed E-state index contributed by atoms with van der Waals surface area (Å²) in [7, 11) is 1.51. The highest BCUT2D eigenvalue weighted by molar-refractivity contribution is 5.87. The molecule has 9 heteroatoms. The summed E-state index contributed by atoms with van der Waals surface area (Å²) in [6.45, 7) is -0.290. The van der Waals surface area contributed by atoms with Crippen LogP contribution in [-0.4, -0.2) is 55.7 Å². The van der Waals surface area contributed by atoms with Crippen molar-refractivity contribution in [1.82, 2.24) is 10.6 Å². The maximum absolute atomic E-state index is 11.8. The van der Waals surface area contributed by atoms with E-state index in [0.717, 1.165) is 0 Å². The van der Waals surface area contributed by atoms with Gasteiger partial charge in [0.2, 0.25) is 5.91 Å². The maximum atomic E-state index is 11.8. The quantitative estimate of drug-likeness (QED) is 0.673. The van der Waals surface area contributed by atoms with Gasteiger partial charge in [-0.25, -0.2) is 0 Å². The third kappa shape index (κ3) is 4.75. The summed E-state index contributed by atoms with van der Waals surface area (Å²) in [6, 6.07) is 7.06. The molecule has 126 valence electrons. The molecule has 1 aliphatic heterocycles. The van der Waals surface area contributed by atoms with Crippen LogP contribution in [0.3, 0.4) is 0 Å². The Labute approximate surface area is 139 Å². The number of hydrogen-bond acceptors (Lipinski definition) is 5. The Morgan fingerprint density at radius 1 is 1.35 bits per heavy atom.